The highest BCUT2D eigenvalue weighted by molar-refractivity contribution is 6.30. The van der Waals surface area contributed by atoms with Crippen LogP contribution in [0, 0.1) is 0 Å². The van der Waals surface area contributed by atoms with Crippen LogP contribution < -0.4 is 10.1 Å². The Labute approximate surface area is 171 Å². The lowest BCUT2D eigenvalue weighted by Gasteiger charge is -2.26. The average molecular weight is 403 g/mol. The van der Waals surface area contributed by atoms with E-state index in [-0.39, 0.29) is 5.91 Å². The van der Waals surface area contributed by atoms with Gasteiger partial charge in [-0.1, -0.05) is 48.9 Å². The van der Waals surface area contributed by atoms with Crippen LogP contribution in [0.5, 0.6) is 5.75 Å². The second kappa shape index (κ2) is 10.5. The van der Waals surface area contributed by atoms with E-state index in [1.807, 2.05) is 6.92 Å². The molecule has 2 aromatic rings. The molecule has 28 heavy (non-hydrogen) atoms. The largest absolute Gasteiger partial charge is 0.481 e. The SMILES string of the molecule is CC[C@@H](Oc1cccc(Cl)c1)C(=O)NCc1ccc(CN2CCOCC2)cc1. The number of benzene rings is 2. The number of nitrogens with one attached hydrogen (secondary N) is 1. The molecule has 1 N–H and O–H groups in total. The first-order chi connectivity index (χ1) is 13.6. The van der Waals surface area contributed by atoms with Gasteiger partial charge in [-0.15, -0.1) is 0 Å². The number of nitrogens with zero attached hydrogens (tertiary/aromatic N) is 1. The summed E-state index contributed by atoms with van der Waals surface area (Å²) in [5, 5.41) is 3.55. The minimum Gasteiger partial charge on any atom is -0.481 e. The molecule has 1 atom stereocenters. The van der Waals surface area contributed by atoms with Crippen LogP contribution in [0.4, 0.5) is 0 Å². The third-order valence-corrected chi connectivity index (χ3v) is 4.97. The van der Waals surface area contributed by atoms with Crippen LogP contribution in [-0.4, -0.2) is 43.2 Å². The van der Waals surface area contributed by atoms with Gasteiger partial charge in [0.15, 0.2) is 6.10 Å². The fourth-order valence-corrected chi connectivity index (χ4v) is 3.29. The molecule has 1 fully saturated rings. The summed E-state index contributed by atoms with van der Waals surface area (Å²) < 4.78 is 11.2. The zero-order valence-corrected chi connectivity index (χ0v) is 17.0. The maximum absolute atomic E-state index is 12.5. The number of hydrogen-bond acceptors (Lipinski definition) is 4. The lowest BCUT2D eigenvalue weighted by molar-refractivity contribution is -0.128. The van der Waals surface area contributed by atoms with Crippen molar-refractivity contribution in [2.24, 2.45) is 0 Å². The fraction of sp³-hybridized carbons (Fsp3) is 0.409. The van der Waals surface area contributed by atoms with E-state index in [0.29, 0.717) is 23.7 Å². The van der Waals surface area contributed by atoms with Crippen molar-refractivity contribution < 1.29 is 14.3 Å². The second-order valence-electron chi connectivity index (χ2n) is 6.89. The van der Waals surface area contributed by atoms with Gasteiger partial charge < -0.3 is 14.8 Å². The molecular weight excluding hydrogens is 376 g/mol. The molecule has 0 bridgehead atoms. The lowest BCUT2D eigenvalue weighted by atomic mass is 10.1. The first-order valence-corrected chi connectivity index (χ1v) is 10.1. The number of hydrogen-bond donors (Lipinski definition) is 1. The van der Waals surface area contributed by atoms with Gasteiger partial charge >= 0.3 is 0 Å². The molecule has 1 heterocycles. The zero-order valence-electron chi connectivity index (χ0n) is 16.2. The van der Waals surface area contributed by atoms with Gasteiger partial charge in [-0.25, -0.2) is 0 Å². The molecule has 0 aromatic heterocycles. The Balaban J connectivity index is 1.48. The summed E-state index contributed by atoms with van der Waals surface area (Å²) in [5.41, 5.74) is 2.34. The number of amides is 1. The summed E-state index contributed by atoms with van der Waals surface area (Å²) in [4.78, 5) is 14.9. The van der Waals surface area contributed by atoms with E-state index in [9.17, 15) is 4.79 Å². The van der Waals surface area contributed by atoms with Crippen LogP contribution in [0.1, 0.15) is 24.5 Å². The Morgan fingerprint density at radius 3 is 2.57 bits per heavy atom. The Hall–Kier alpha value is -2.08. The van der Waals surface area contributed by atoms with Crippen LogP contribution in [-0.2, 0) is 22.6 Å². The van der Waals surface area contributed by atoms with Gasteiger partial charge in [-0.05, 0) is 35.7 Å². The summed E-state index contributed by atoms with van der Waals surface area (Å²) >= 11 is 5.98. The molecule has 0 radical (unpaired) electrons. The number of morpholine rings is 1. The monoisotopic (exact) mass is 402 g/mol. The third-order valence-electron chi connectivity index (χ3n) is 4.74. The minimum atomic E-state index is -0.543. The molecule has 1 aliphatic rings. The van der Waals surface area contributed by atoms with E-state index in [1.54, 1.807) is 24.3 Å². The van der Waals surface area contributed by atoms with Crippen LogP contribution in [0.25, 0.3) is 0 Å². The van der Waals surface area contributed by atoms with Gasteiger partial charge in [0.2, 0.25) is 0 Å². The number of carbonyl (C=O) groups is 1. The van der Waals surface area contributed by atoms with Crippen molar-refractivity contribution in [2.75, 3.05) is 26.3 Å². The summed E-state index contributed by atoms with van der Waals surface area (Å²) in [6.45, 7) is 6.90. The van der Waals surface area contributed by atoms with E-state index < -0.39 is 6.10 Å². The third kappa shape index (κ3) is 6.23. The van der Waals surface area contributed by atoms with Crippen molar-refractivity contribution in [3.63, 3.8) is 0 Å². The molecule has 0 aliphatic carbocycles. The highest BCUT2D eigenvalue weighted by atomic mass is 35.5. The maximum Gasteiger partial charge on any atom is 0.261 e. The smallest absolute Gasteiger partial charge is 0.261 e. The lowest BCUT2D eigenvalue weighted by Crippen LogP contribution is -2.37. The Kier molecular flexibility index (Phi) is 7.71. The van der Waals surface area contributed by atoms with Gasteiger partial charge in [0.1, 0.15) is 5.75 Å². The predicted molar refractivity (Wildman–Crippen MR) is 111 cm³/mol. The summed E-state index contributed by atoms with van der Waals surface area (Å²) in [7, 11) is 0. The van der Waals surface area contributed by atoms with E-state index in [4.69, 9.17) is 21.1 Å². The molecule has 5 nitrogen and oxygen atoms in total. The molecule has 0 unspecified atom stereocenters. The van der Waals surface area contributed by atoms with Gasteiger partial charge in [-0.2, -0.15) is 0 Å². The number of halogens is 1. The standard InChI is InChI=1S/C22H27ClN2O3/c1-2-21(28-20-5-3-4-19(23)14-20)22(26)24-15-17-6-8-18(9-7-17)16-25-10-12-27-13-11-25/h3-9,14,21H,2,10-13,15-16H2,1H3,(H,24,26)/t21-/m1/s1. The topological polar surface area (TPSA) is 50.8 Å². The number of carbonyl (C=O) groups excluding carboxylic acids is 1. The number of ether oxygens (including phenoxy) is 2. The molecular formula is C22H27ClN2O3. The summed E-state index contributed by atoms with van der Waals surface area (Å²) in [6.07, 6.45) is 0.0377. The number of rotatable bonds is 8. The zero-order chi connectivity index (χ0) is 19.8. The van der Waals surface area contributed by atoms with Crippen molar-refractivity contribution >= 4 is 17.5 Å². The van der Waals surface area contributed by atoms with E-state index in [0.717, 1.165) is 38.4 Å². The highest BCUT2D eigenvalue weighted by Crippen LogP contribution is 2.19. The van der Waals surface area contributed by atoms with Gasteiger partial charge in [0.25, 0.3) is 5.91 Å². The summed E-state index contributed by atoms with van der Waals surface area (Å²) in [5.74, 6) is 0.474. The minimum absolute atomic E-state index is 0.125. The molecule has 0 spiro atoms. The van der Waals surface area contributed by atoms with Crippen LogP contribution in [0.2, 0.25) is 5.02 Å². The first-order valence-electron chi connectivity index (χ1n) is 9.72. The molecule has 0 saturated carbocycles. The van der Waals surface area contributed by atoms with Crippen LogP contribution >= 0.6 is 11.6 Å². The molecule has 1 saturated heterocycles. The Morgan fingerprint density at radius 1 is 1.18 bits per heavy atom. The van der Waals surface area contributed by atoms with Gasteiger partial charge in [0.05, 0.1) is 13.2 Å². The van der Waals surface area contributed by atoms with Crippen molar-refractivity contribution in [1.82, 2.24) is 10.2 Å². The quantitative estimate of drug-likeness (QED) is 0.732. The molecule has 1 aliphatic heterocycles. The van der Waals surface area contributed by atoms with Crippen molar-refractivity contribution in [2.45, 2.75) is 32.5 Å². The van der Waals surface area contributed by atoms with Gasteiger partial charge in [-0.3, -0.25) is 9.69 Å². The normalized spacial score (nSPS) is 15.8. The summed E-state index contributed by atoms with van der Waals surface area (Å²) in [6, 6.07) is 15.5. The van der Waals surface area contributed by atoms with Crippen molar-refractivity contribution in [3.8, 4) is 5.75 Å². The first kappa shape index (κ1) is 20.6. The van der Waals surface area contributed by atoms with Gasteiger partial charge in [0, 0.05) is 31.2 Å². The molecule has 1 amide bonds. The van der Waals surface area contributed by atoms with Crippen molar-refractivity contribution in [1.29, 1.82) is 0 Å². The molecule has 150 valence electrons. The average Bonchev–Trinajstić information content (AvgIpc) is 2.72. The van der Waals surface area contributed by atoms with E-state index in [2.05, 4.69) is 34.5 Å². The highest BCUT2D eigenvalue weighted by Gasteiger charge is 2.18. The Bertz CT molecular complexity index is 761. The maximum atomic E-state index is 12.5. The molecule has 3 rings (SSSR count). The van der Waals surface area contributed by atoms with Crippen molar-refractivity contribution in [3.05, 3.63) is 64.7 Å². The molecule has 6 heteroatoms. The van der Waals surface area contributed by atoms with Crippen LogP contribution in [0.15, 0.2) is 48.5 Å². The second-order valence-corrected chi connectivity index (χ2v) is 7.33. The van der Waals surface area contributed by atoms with Crippen LogP contribution in [0.3, 0.4) is 0 Å². The fourth-order valence-electron chi connectivity index (χ4n) is 3.11. The van der Waals surface area contributed by atoms with E-state index in [1.165, 1.54) is 5.56 Å². The molecule has 2 aromatic carbocycles. The van der Waals surface area contributed by atoms with E-state index >= 15 is 0 Å². The Morgan fingerprint density at radius 2 is 1.89 bits per heavy atom. The predicted octanol–water partition coefficient (Wildman–Crippen LogP) is 3.65.